The van der Waals surface area contributed by atoms with E-state index >= 15 is 0 Å². The third-order valence-electron chi connectivity index (χ3n) is 3.82. The zero-order valence-electron chi connectivity index (χ0n) is 15.3. The van der Waals surface area contributed by atoms with Crippen LogP contribution in [0, 0.1) is 11.8 Å². The summed E-state index contributed by atoms with van der Waals surface area (Å²) < 4.78 is 5.40. The predicted molar refractivity (Wildman–Crippen MR) is 91.2 cm³/mol. The molecule has 23 heavy (non-hydrogen) atoms. The lowest BCUT2D eigenvalue weighted by molar-refractivity contribution is -0.123. The lowest BCUT2D eigenvalue weighted by atomic mass is 9.97. The number of carbonyl (C=O) groups is 2. The first-order chi connectivity index (χ1) is 10.7. The van der Waals surface area contributed by atoms with E-state index < -0.39 is 5.60 Å². The average molecular weight is 327 g/mol. The standard InChI is InChI=1S/C17H33N3O3/c1-13(2)15(21)19-9-8-18-12-14-6-10-20(11-7-14)16(22)23-17(3,4)5/h13-14,18H,6-12H2,1-5H3,(H,19,21). The number of nitrogens with zero attached hydrogens (tertiary/aromatic N) is 1. The molecule has 0 spiro atoms. The van der Waals surface area contributed by atoms with Gasteiger partial charge in [-0.2, -0.15) is 0 Å². The molecule has 6 heteroatoms. The lowest BCUT2D eigenvalue weighted by Gasteiger charge is -2.33. The number of carbonyl (C=O) groups excluding carboxylic acids is 2. The molecule has 0 radical (unpaired) electrons. The van der Waals surface area contributed by atoms with Crippen LogP contribution in [0.2, 0.25) is 0 Å². The maximum atomic E-state index is 12.0. The van der Waals surface area contributed by atoms with Crippen molar-refractivity contribution in [2.75, 3.05) is 32.7 Å². The van der Waals surface area contributed by atoms with Crippen LogP contribution in [0.15, 0.2) is 0 Å². The Morgan fingerprint density at radius 2 is 1.78 bits per heavy atom. The second-order valence-corrected chi connectivity index (χ2v) is 7.56. The molecule has 0 saturated carbocycles. The fourth-order valence-corrected chi connectivity index (χ4v) is 2.43. The number of nitrogens with one attached hydrogen (secondary N) is 2. The average Bonchev–Trinajstić information content (AvgIpc) is 2.45. The Bertz CT molecular complexity index is 383. The fraction of sp³-hybridized carbons (Fsp3) is 0.882. The maximum Gasteiger partial charge on any atom is 0.410 e. The molecule has 1 aliphatic heterocycles. The van der Waals surface area contributed by atoms with E-state index in [4.69, 9.17) is 4.74 Å². The van der Waals surface area contributed by atoms with Gasteiger partial charge in [-0.1, -0.05) is 13.8 Å². The first-order valence-electron chi connectivity index (χ1n) is 8.65. The van der Waals surface area contributed by atoms with Crippen molar-refractivity contribution in [2.45, 2.75) is 53.1 Å². The Morgan fingerprint density at radius 1 is 1.17 bits per heavy atom. The highest BCUT2D eigenvalue weighted by Gasteiger charge is 2.26. The summed E-state index contributed by atoms with van der Waals surface area (Å²) in [6.07, 6.45) is 1.77. The van der Waals surface area contributed by atoms with Crippen LogP contribution in [0.4, 0.5) is 4.79 Å². The molecule has 0 atom stereocenters. The Labute approximate surface area is 140 Å². The number of hydrogen-bond acceptors (Lipinski definition) is 4. The number of hydrogen-bond donors (Lipinski definition) is 2. The molecule has 0 aromatic heterocycles. The molecule has 0 aromatic rings. The summed E-state index contributed by atoms with van der Waals surface area (Å²) in [6.45, 7) is 13.3. The third kappa shape index (κ3) is 8.21. The van der Waals surface area contributed by atoms with Crippen molar-refractivity contribution < 1.29 is 14.3 Å². The number of likely N-dealkylation sites (tertiary alicyclic amines) is 1. The molecule has 134 valence electrons. The van der Waals surface area contributed by atoms with E-state index in [-0.39, 0.29) is 17.9 Å². The van der Waals surface area contributed by atoms with Crippen molar-refractivity contribution in [1.29, 1.82) is 0 Å². The molecule has 1 fully saturated rings. The van der Waals surface area contributed by atoms with Crippen molar-refractivity contribution in [2.24, 2.45) is 11.8 Å². The highest BCUT2D eigenvalue weighted by molar-refractivity contribution is 5.77. The minimum absolute atomic E-state index is 0.0344. The van der Waals surface area contributed by atoms with Crippen LogP contribution in [-0.2, 0) is 9.53 Å². The summed E-state index contributed by atoms with van der Waals surface area (Å²) in [5, 5.41) is 6.27. The molecule has 1 rings (SSSR count). The zero-order chi connectivity index (χ0) is 17.5. The minimum atomic E-state index is -0.435. The summed E-state index contributed by atoms with van der Waals surface area (Å²) in [5.74, 6) is 0.708. The minimum Gasteiger partial charge on any atom is -0.444 e. The number of piperidine rings is 1. The van der Waals surface area contributed by atoms with E-state index in [9.17, 15) is 9.59 Å². The molecule has 0 bridgehead atoms. The molecular formula is C17H33N3O3. The van der Waals surface area contributed by atoms with Gasteiger partial charge >= 0.3 is 6.09 Å². The number of ether oxygens (including phenoxy) is 1. The SMILES string of the molecule is CC(C)C(=O)NCCNCC1CCN(C(=O)OC(C)(C)C)CC1. The van der Waals surface area contributed by atoms with E-state index in [2.05, 4.69) is 10.6 Å². The topological polar surface area (TPSA) is 70.7 Å². The van der Waals surface area contributed by atoms with E-state index in [1.165, 1.54) is 0 Å². The summed E-state index contributed by atoms with van der Waals surface area (Å²) in [6, 6.07) is 0. The summed E-state index contributed by atoms with van der Waals surface area (Å²) in [5.41, 5.74) is -0.435. The Kier molecular flexibility index (Phi) is 7.82. The van der Waals surface area contributed by atoms with Crippen LogP contribution < -0.4 is 10.6 Å². The van der Waals surface area contributed by atoms with Crippen molar-refractivity contribution in [3.8, 4) is 0 Å². The van der Waals surface area contributed by atoms with Crippen LogP contribution in [0.25, 0.3) is 0 Å². The normalized spacial score (nSPS) is 16.5. The Balaban J connectivity index is 2.12. The quantitative estimate of drug-likeness (QED) is 0.732. The lowest BCUT2D eigenvalue weighted by Crippen LogP contribution is -2.43. The maximum absolute atomic E-state index is 12.0. The smallest absolute Gasteiger partial charge is 0.410 e. The largest absolute Gasteiger partial charge is 0.444 e. The van der Waals surface area contributed by atoms with Gasteiger partial charge in [-0.25, -0.2) is 4.79 Å². The second kappa shape index (κ2) is 9.11. The molecule has 1 aliphatic rings. The van der Waals surface area contributed by atoms with Gasteiger partial charge in [-0.3, -0.25) is 4.79 Å². The van der Waals surface area contributed by atoms with Gasteiger partial charge in [-0.15, -0.1) is 0 Å². The molecule has 2 amide bonds. The molecule has 0 aromatic carbocycles. The summed E-state index contributed by atoms with van der Waals surface area (Å²) in [7, 11) is 0. The molecular weight excluding hydrogens is 294 g/mol. The zero-order valence-corrected chi connectivity index (χ0v) is 15.3. The van der Waals surface area contributed by atoms with Gasteiger partial charge in [0.15, 0.2) is 0 Å². The summed E-state index contributed by atoms with van der Waals surface area (Å²) in [4.78, 5) is 25.2. The third-order valence-corrected chi connectivity index (χ3v) is 3.82. The van der Waals surface area contributed by atoms with E-state index in [1.807, 2.05) is 34.6 Å². The first kappa shape index (κ1) is 19.7. The van der Waals surface area contributed by atoms with Gasteiger partial charge in [0, 0.05) is 32.1 Å². The Morgan fingerprint density at radius 3 is 2.30 bits per heavy atom. The number of amides is 2. The Hall–Kier alpha value is -1.30. The summed E-state index contributed by atoms with van der Waals surface area (Å²) >= 11 is 0. The van der Waals surface area contributed by atoms with Crippen LogP contribution >= 0.6 is 0 Å². The van der Waals surface area contributed by atoms with E-state index in [0.29, 0.717) is 12.5 Å². The van der Waals surface area contributed by atoms with Crippen molar-refractivity contribution >= 4 is 12.0 Å². The van der Waals surface area contributed by atoms with Gasteiger partial charge in [-0.05, 0) is 46.1 Å². The van der Waals surface area contributed by atoms with Gasteiger partial charge in [0.05, 0.1) is 0 Å². The predicted octanol–water partition coefficient (Wildman–Crippen LogP) is 2.00. The van der Waals surface area contributed by atoms with Gasteiger partial charge in [0.25, 0.3) is 0 Å². The van der Waals surface area contributed by atoms with Crippen molar-refractivity contribution in [1.82, 2.24) is 15.5 Å². The molecule has 1 saturated heterocycles. The molecule has 2 N–H and O–H groups in total. The van der Waals surface area contributed by atoms with Crippen LogP contribution in [0.3, 0.4) is 0 Å². The second-order valence-electron chi connectivity index (χ2n) is 7.56. The molecule has 6 nitrogen and oxygen atoms in total. The molecule has 1 heterocycles. The van der Waals surface area contributed by atoms with Crippen LogP contribution in [0.5, 0.6) is 0 Å². The highest BCUT2D eigenvalue weighted by atomic mass is 16.6. The fourth-order valence-electron chi connectivity index (χ4n) is 2.43. The number of rotatable bonds is 6. The molecule has 0 unspecified atom stereocenters. The van der Waals surface area contributed by atoms with Crippen LogP contribution in [0.1, 0.15) is 47.5 Å². The van der Waals surface area contributed by atoms with E-state index in [1.54, 1.807) is 4.90 Å². The van der Waals surface area contributed by atoms with Gasteiger partial charge in [0.1, 0.15) is 5.60 Å². The highest BCUT2D eigenvalue weighted by Crippen LogP contribution is 2.19. The molecule has 0 aliphatic carbocycles. The van der Waals surface area contributed by atoms with Gasteiger partial charge < -0.3 is 20.3 Å². The monoisotopic (exact) mass is 327 g/mol. The van der Waals surface area contributed by atoms with Crippen LogP contribution in [-0.4, -0.2) is 55.2 Å². The van der Waals surface area contributed by atoms with E-state index in [0.717, 1.165) is 39.0 Å². The van der Waals surface area contributed by atoms with Gasteiger partial charge in [0.2, 0.25) is 5.91 Å². The van der Waals surface area contributed by atoms with Crippen molar-refractivity contribution in [3.05, 3.63) is 0 Å². The van der Waals surface area contributed by atoms with Crippen molar-refractivity contribution in [3.63, 3.8) is 0 Å². The first-order valence-corrected chi connectivity index (χ1v) is 8.65.